The first-order valence-electron chi connectivity index (χ1n) is 9.26. The Morgan fingerprint density at radius 2 is 2.19 bits per heavy atom. The van der Waals surface area contributed by atoms with Crippen LogP contribution in [-0.2, 0) is 21.1 Å². The molecule has 0 aliphatic carbocycles. The van der Waals surface area contributed by atoms with Gasteiger partial charge in [-0.25, -0.2) is 18.4 Å². The maximum absolute atomic E-state index is 11.6. The van der Waals surface area contributed by atoms with E-state index < -0.39 is 9.84 Å². The number of thiazole rings is 1. The summed E-state index contributed by atoms with van der Waals surface area (Å²) in [5, 5.41) is 4.40. The van der Waals surface area contributed by atoms with Crippen LogP contribution in [0.1, 0.15) is 12.1 Å². The van der Waals surface area contributed by atoms with Crippen molar-refractivity contribution < 1.29 is 13.2 Å². The molecule has 148 valence electrons. The third kappa shape index (κ3) is 4.34. The molecule has 2 aromatic rings. The molecule has 0 radical (unpaired) electrons. The van der Waals surface area contributed by atoms with Gasteiger partial charge in [-0.15, -0.1) is 0 Å². The Bertz CT molecular complexity index is 886. The van der Waals surface area contributed by atoms with Gasteiger partial charge in [-0.05, 0) is 13.3 Å². The zero-order valence-corrected chi connectivity index (χ0v) is 17.1. The zero-order valence-electron chi connectivity index (χ0n) is 15.4. The first-order valence-corrected chi connectivity index (χ1v) is 11.9. The van der Waals surface area contributed by atoms with E-state index in [0.29, 0.717) is 12.2 Å². The van der Waals surface area contributed by atoms with Gasteiger partial charge in [0, 0.05) is 32.2 Å². The van der Waals surface area contributed by atoms with Gasteiger partial charge in [-0.3, -0.25) is 0 Å². The minimum atomic E-state index is -2.85. The minimum absolute atomic E-state index is 0.0695. The number of aromatic nitrogens is 3. The van der Waals surface area contributed by atoms with Crippen LogP contribution in [0.25, 0.3) is 10.6 Å². The van der Waals surface area contributed by atoms with Crippen LogP contribution < -0.4 is 10.2 Å². The molecular formula is C17H25N5O3S2. The quantitative estimate of drug-likeness (QED) is 0.756. The van der Waals surface area contributed by atoms with Gasteiger partial charge in [0.2, 0.25) is 0 Å². The number of nitrogens with zero attached hydrogens (tertiary/aromatic N) is 4. The Balaban J connectivity index is 1.42. The number of rotatable bonds is 6. The lowest BCUT2D eigenvalue weighted by Crippen LogP contribution is -2.36. The predicted molar refractivity (Wildman–Crippen MR) is 106 cm³/mol. The summed E-state index contributed by atoms with van der Waals surface area (Å²) < 4.78 is 30.7. The molecule has 2 saturated heterocycles. The standard InChI is InChI=1S/C17H25N5O3S2/c1-13-16(26-17(20-13)21-5-7-25-8-6-21)15-10-18-12-22(15)4-3-19-14-2-9-27(23,24)11-14/h10,12,14,19H,2-9,11H2,1H3/t14-/m1/s1. The highest BCUT2D eigenvalue weighted by Crippen LogP contribution is 2.34. The van der Waals surface area contributed by atoms with Crippen molar-refractivity contribution in [2.24, 2.45) is 0 Å². The number of hydrogen-bond acceptors (Lipinski definition) is 8. The molecule has 0 aromatic carbocycles. The molecule has 0 unspecified atom stereocenters. The Hall–Kier alpha value is -1.49. The fourth-order valence-corrected chi connectivity index (χ4v) is 6.40. The summed E-state index contributed by atoms with van der Waals surface area (Å²) in [7, 11) is -2.85. The lowest BCUT2D eigenvalue weighted by Gasteiger charge is -2.26. The average Bonchev–Trinajstić information content (AvgIpc) is 3.34. The second kappa shape index (κ2) is 7.86. The number of nitrogens with one attached hydrogen (secondary N) is 1. The molecule has 10 heteroatoms. The molecule has 2 fully saturated rings. The van der Waals surface area contributed by atoms with Crippen molar-refractivity contribution in [1.82, 2.24) is 19.9 Å². The van der Waals surface area contributed by atoms with Gasteiger partial charge in [0.25, 0.3) is 0 Å². The van der Waals surface area contributed by atoms with E-state index in [-0.39, 0.29) is 11.8 Å². The summed E-state index contributed by atoms with van der Waals surface area (Å²) in [6, 6.07) is 0.0695. The molecule has 2 aromatic heterocycles. The van der Waals surface area contributed by atoms with Crippen LogP contribution in [0.4, 0.5) is 5.13 Å². The zero-order chi connectivity index (χ0) is 18.9. The monoisotopic (exact) mass is 411 g/mol. The molecule has 1 N–H and O–H groups in total. The van der Waals surface area contributed by atoms with E-state index in [2.05, 4.69) is 19.8 Å². The minimum Gasteiger partial charge on any atom is -0.378 e. The number of morpholine rings is 1. The molecule has 1 atom stereocenters. The van der Waals surface area contributed by atoms with Gasteiger partial charge in [-0.1, -0.05) is 11.3 Å². The largest absolute Gasteiger partial charge is 0.378 e. The highest BCUT2D eigenvalue weighted by Gasteiger charge is 2.27. The van der Waals surface area contributed by atoms with Crippen molar-refractivity contribution in [1.29, 1.82) is 0 Å². The first-order chi connectivity index (χ1) is 13.0. The smallest absolute Gasteiger partial charge is 0.186 e. The van der Waals surface area contributed by atoms with Crippen LogP contribution >= 0.6 is 11.3 Å². The summed E-state index contributed by atoms with van der Waals surface area (Å²) in [6.07, 6.45) is 4.41. The summed E-state index contributed by atoms with van der Waals surface area (Å²) in [4.78, 5) is 12.5. The number of ether oxygens (including phenoxy) is 1. The van der Waals surface area contributed by atoms with Gasteiger partial charge in [0.15, 0.2) is 15.0 Å². The number of imidazole rings is 1. The average molecular weight is 412 g/mol. The van der Waals surface area contributed by atoms with Crippen molar-refractivity contribution >= 4 is 26.3 Å². The molecule has 4 heterocycles. The van der Waals surface area contributed by atoms with Crippen LogP contribution in [0.15, 0.2) is 12.5 Å². The third-order valence-corrected chi connectivity index (χ3v) is 8.04. The maximum Gasteiger partial charge on any atom is 0.186 e. The van der Waals surface area contributed by atoms with Crippen molar-refractivity contribution in [3.63, 3.8) is 0 Å². The topological polar surface area (TPSA) is 89.3 Å². The van der Waals surface area contributed by atoms with Crippen molar-refractivity contribution in [3.05, 3.63) is 18.2 Å². The SMILES string of the molecule is Cc1nc(N2CCOCC2)sc1-c1cncn1CCN[C@@H]1CCS(=O)(=O)C1. The molecule has 0 saturated carbocycles. The van der Waals surface area contributed by atoms with E-state index >= 15 is 0 Å². The van der Waals surface area contributed by atoms with E-state index in [4.69, 9.17) is 9.72 Å². The number of anilines is 1. The highest BCUT2D eigenvalue weighted by molar-refractivity contribution is 7.91. The molecular weight excluding hydrogens is 386 g/mol. The molecule has 0 amide bonds. The molecule has 0 spiro atoms. The third-order valence-electron chi connectivity index (χ3n) is 5.03. The number of sulfone groups is 1. The van der Waals surface area contributed by atoms with E-state index in [1.54, 1.807) is 11.3 Å². The summed E-state index contributed by atoms with van der Waals surface area (Å²) in [5.41, 5.74) is 2.07. The molecule has 4 rings (SSSR count). The van der Waals surface area contributed by atoms with Crippen LogP contribution in [0.2, 0.25) is 0 Å². The molecule has 27 heavy (non-hydrogen) atoms. The Morgan fingerprint density at radius 3 is 2.93 bits per heavy atom. The normalized spacial score (nSPS) is 22.4. The van der Waals surface area contributed by atoms with Crippen LogP contribution in [0.3, 0.4) is 0 Å². The van der Waals surface area contributed by atoms with Gasteiger partial charge < -0.3 is 19.5 Å². The number of aryl methyl sites for hydroxylation is 1. The fourth-order valence-electron chi connectivity index (χ4n) is 3.54. The van der Waals surface area contributed by atoms with E-state index in [0.717, 1.165) is 60.8 Å². The van der Waals surface area contributed by atoms with E-state index in [9.17, 15) is 8.42 Å². The summed E-state index contributed by atoms with van der Waals surface area (Å²) in [5.74, 6) is 0.548. The highest BCUT2D eigenvalue weighted by atomic mass is 32.2. The van der Waals surface area contributed by atoms with E-state index in [1.807, 2.05) is 19.4 Å². The Kier molecular flexibility index (Phi) is 5.49. The molecule has 2 aliphatic heterocycles. The first kappa shape index (κ1) is 18.9. The number of hydrogen-bond donors (Lipinski definition) is 1. The van der Waals surface area contributed by atoms with Crippen LogP contribution in [0, 0.1) is 6.92 Å². The second-order valence-electron chi connectivity index (χ2n) is 7.04. The van der Waals surface area contributed by atoms with Crippen molar-refractivity contribution in [2.75, 3.05) is 49.3 Å². The Labute approximate surface area is 163 Å². The van der Waals surface area contributed by atoms with Gasteiger partial charge >= 0.3 is 0 Å². The molecule has 2 aliphatic rings. The van der Waals surface area contributed by atoms with Gasteiger partial charge in [-0.2, -0.15) is 0 Å². The summed E-state index contributed by atoms with van der Waals surface area (Å²) >= 11 is 1.70. The van der Waals surface area contributed by atoms with Crippen molar-refractivity contribution in [2.45, 2.75) is 25.9 Å². The lowest BCUT2D eigenvalue weighted by atomic mass is 10.2. The van der Waals surface area contributed by atoms with Gasteiger partial charge in [0.1, 0.15) is 0 Å². The predicted octanol–water partition coefficient (Wildman–Crippen LogP) is 0.928. The molecule has 8 nitrogen and oxygen atoms in total. The van der Waals surface area contributed by atoms with Crippen LogP contribution in [-0.4, -0.2) is 73.3 Å². The van der Waals surface area contributed by atoms with Crippen LogP contribution in [0.5, 0.6) is 0 Å². The Morgan fingerprint density at radius 1 is 1.37 bits per heavy atom. The van der Waals surface area contributed by atoms with Crippen molar-refractivity contribution in [3.8, 4) is 10.6 Å². The van der Waals surface area contributed by atoms with E-state index in [1.165, 1.54) is 0 Å². The molecule has 0 bridgehead atoms. The summed E-state index contributed by atoms with van der Waals surface area (Å²) in [6.45, 7) is 6.74. The fraction of sp³-hybridized carbons (Fsp3) is 0.647. The van der Waals surface area contributed by atoms with Gasteiger partial charge in [0.05, 0.1) is 53.5 Å². The second-order valence-corrected chi connectivity index (χ2v) is 10.2. The lowest BCUT2D eigenvalue weighted by molar-refractivity contribution is 0.122. The maximum atomic E-state index is 11.6.